The summed E-state index contributed by atoms with van der Waals surface area (Å²) in [6.07, 6.45) is 0.580. The predicted molar refractivity (Wildman–Crippen MR) is 65.8 cm³/mol. The normalized spacial score (nSPS) is 11.6. The molecule has 4 nitrogen and oxygen atoms in total. The summed E-state index contributed by atoms with van der Waals surface area (Å²) in [6, 6.07) is 6.85. The average Bonchev–Trinajstić information content (AvgIpc) is 2.26. The summed E-state index contributed by atoms with van der Waals surface area (Å²) >= 11 is 3.28. The van der Waals surface area contributed by atoms with E-state index < -0.39 is 11.9 Å². The molecule has 0 aliphatic heterocycles. The highest BCUT2D eigenvalue weighted by atomic mass is 79.9. The Morgan fingerprint density at radius 3 is 2.88 bits per heavy atom. The lowest BCUT2D eigenvalue weighted by Gasteiger charge is -2.15. The number of hydrogen-bond donors (Lipinski definition) is 2. The van der Waals surface area contributed by atoms with Gasteiger partial charge in [0.05, 0.1) is 11.3 Å². The van der Waals surface area contributed by atoms with Gasteiger partial charge in [0.2, 0.25) is 5.91 Å². The lowest BCUT2D eigenvalue weighted by Crippen LogP contribution is -2.34. The molecular formula is C11H12BrN3O. The van der Waals surface area contributed by atoms with Crippen LogP contribution in [0, 0.1) is 11.3 Å². The van der Waals surface area contributed by atoms with Gasteiger partial charge >= 0.3 is 0 Å². The van der Waals surface area contributed by atoms with E-state index in [0.717, 1.165) is 4.47 Å². The number of benzene rings is 1. The number of carbonyl (C=O) groups excluding carboxylic acids is 1. The lowest BCUT2D eigenvalue weighted by molar-refractivity contribution is -0.118. The van der Waals surface area contributed by atoms with Gasteiger partial charge in [0, 0.05) is 4.47 Å². The highest BCUT2D eigenvalue weighted by Crippen LogP contribution is 2.21. The molecule has 5 heteroatoms. The van der Waals surface area contributed by atoms with Crippen LogP contribution in [0.15, 0.2) is 22.7 Å². The van der Waals surface area contributed by atoms with E-state index >= 15 is 0 Å². The maximum atomic E-state index is 11.1. The number of nitrogens with two attached hydrogens (primary N) is 1. The molecule has 0 fully saturated rings. The molecule has 84 valence electrons. The predicted octanol–water partition coefficient (Wildman–Crippen LogP) is 2.00. The summed E-state index contributed by atoms with van der Waals surface area (Å²) in [5.41, 5.74) is 6.33. The molecule has 1 aromatic carbocycles. The maximum absolute atomic E-state index is 11.1. The van der Waals surface area contributed by atoms with Crippen LogP contribution in [-0.4, -0.2) is 11.9 Å². The van der Waals surface area contributed by atoms with Crippen LogP contribution < -0.4 is 11.1 Å². The van der Waals surface area contributed by atoms with E-state index in [2.05, 4.69) is 27.3 Å². The Labute approximate surface area is 103 Å². The van der Waals surface area contributed by atoms with E-state index in [4.69, 9.17) is 11.0 Å². The molecule has 1 rings (SSSR count). The van der Waals surface area contributed by atoms with Gasteiger partial charge in [0.25, 0.3) is 0 Å². The Bertz CT molecular complexity index is 439. The van der Waals surface area contributed by atoms with Gasteiger partial charge in [0.1, 0.15) is 12.1 Å². The molecule has 0 saturated heterocycles. The van der Waals surface area contributed by atoms with Crippen molar-refractivity contribution < 1.29 is 4.79 Å². The van der Waals surface area contributed by atoms with Gasteiger partial charge in [-0.2, -0.15) is 5.26 Å². The first-order valence-electron chi connectivity index (χ1n) is 4.84. The minimum atomic E-state index is -0.451. The van der Waals surface area contributed by atoms with Crippen molar-refractivity contribution in [2.24, 2.45) is 5.73 Å². The van der Waals surface area contributed by atoms with Gasteiger partial charge in [0.15, 0.2) is 0 Å². The summed E-state index contributed by atoms with van der Waals surface area (Å²) in [7, 11) is 0. The van der Waals surface area contributed by atoms with Gasteiger partial charge in [-0.3, -0.25) is 4.79 Å². The smallest absolute Gasteiger partial charge is 0.239 e. The topological polar surface area (TPSA) is 78.9 Å². The molecule has 3 N–H and O–H groups in total. The Morgan fingerprint density at radius 1 is 1.69 bits per heavy atom. The molecule has 0 spiro atoms. The third-order valence-corrected chi connectivity index (χ3v) is 2.68. The van der Waals surface area contributed by atoms with Crippen molar-refractivity contribution in [2.75, 3.05) is 5.32 Å². The van der Waals surface area contributed by atoms with Crippen molar-refractivity contribution in [3.8, 4) is 6.07 Å². The molecule has 1 amide bonds. The molecule has 0 radical (unpaired) electrons. The van der Waals surface area contributed by atoms with Crippen LogP contribution in [0.3, 0.4) is 0 Å². The highest BCUT2D eigenvalue weighted by molar-refractivity contribution is 9.10. The molecule has 0 bridgehead atoms. The number of nitrogens with one attached hydrogen (secondary N) is 1. The third kappa shape index (κ3) is 2.97. The van der Waals surface area contributed by atoms with E-state index in [1.54, 1.807) is 18.2 Å². The molecule has 0 aliphatic rings. The number of carbonyl (C=O) groups is 1. The van der Waals surface area contributed by atoms with Crippen LogP contribution in [0.2, 0.25) is 0 Å². The minimum Gasteiger partial charge on any atom is -0.373 e. The fraction of sp³-hybridized carbons (Fsp3) is 0.273. The second-order valence-corrected chi connectivity index (χ2v) is 4.22. The number of hydrogen-bond acceptors (Lipinski definition) is 3. The largest absolute Gasteiger partial charge is 0.373 e. The molecular weight excluding hydrogens is 270 g/mol. The van der Waals surface area contributed by atoms with Gasteiger partial charge in [-0.15, -0.1) is 0 Å². The first-order chi connectivity index (χ1) is 7.58. The second-order valence-electron chi connectivity index (χ2n) is 3.31. The Morgan fingerprint density at radius 2 is 2.38 bits per heavy atom. The second kappa shape index (κ2) is 5.52. The van der Waals surface area contributed by atoms with Crippen LogP contribution in [0.1, 0.15) is 18.9 Å². The number of nitrogens with zero attached hydrogens (tertiary/aromatic N) is 1. The molecule has 1 unspecified atom stereocenters. The molecule has 1 aromatic rings. The average molecular weight is 282 g/mol. The van der Waals surface area contributed by atoms with Gasteiger partial charge in [-0.25, -0.2) is 0 Å². The van der Waals surface area contributed by atoms with Crippen molar-refractivity contribution in [2.45, 2.75) is 19.4 Å². The number of primary amides is 1. The Balaban J connectivity index is 2.97. The van der Waals surface area contributed by atoms with E-state index in [9.17, 15) is 4.79 Å². The highest BCUT2D eigenvalue weighted by Gasteiger charge is 2.14. The first-order valence-corrected chi connectivity index (χ1v) is 5.63. The molecule has 1 atom stereocenters. The monoisotopic (exact) mass is 281 g/mol. The van der Waals surface area contributed by atoms with Crippen LogP contribution in [0.25, 0.3) is 0 Å². The van der Waals surface area contributed by atoms with E-state index in [1.807, 2.05) is 6.92 Å². The van der Waals surface area contributed by atoms with E-state index in [0.29, 0.717) is 17.7 Å². The third-order valence-electron chi connectivity index (χ3n) is 2.18. The molecule has 0 saturated carbocycles. The quantitative estimate of drug-likeness (QED) is 0.886. The van der Waals surface area contributed by atoms with Gasteiger partial charge < -0.3 is 11.1 Å². The molecule has 16 heavy (non-hydrogen) atoms. The summed E-state index contributed by atoms with van der Waals surface area (Å²) in [5, 5.41) is 11.9. The van der Waals surface area contributed by atoms with Gasteiger partial charge in [-0.05, 0) is 24.6 Å². The van der Waals surface area contributed by atoms with Crippen molar-refractivity contribution in [3.05, 3.63) is 28.2 Å². The molecule has 0 aromatic heterocycles. The zero-order valence-electron chi connectivity index (χ0n) is 8.83. The fourth-order valence-electron chi connectivity index (χ4n) is 1.30. The number of nitriles is 1. The Kier molecular flexibility index (Phi) is 4.32. The SMILES string of the molecule is CCC(Nc1ccc(Br)cc1C#N)C(N)=O. The number of anilines is 1. The fourth-order valence-corrected chi connectivity index (χ4v) is 1.66. The summed E-state index contributed by atoms with van der Waals surface area (Å²) in [5.74, 6) is -0.422. The summed E-state index contributed by atoms with van der Waals surface area (Å²) < 4.78 is 0.821. The Hall–Kier alpha value is -1.54. The van der Waals surface area contributed by atoms with Crippen LogP contribution >= 0.6 is 15.9 Å². The summed E-state index contributed by atoms with van der Waals surface area (Å²) in [4.78, 5) is 11.1. The number of amides is 1. The van der Waals surface area contributed by atoms with Crippen molar-refractivity contribution in [3.63, 3.8) is 0 Å². The molecule has 0 heterocycles. The van der Waals surface area contributed by atoms with Gasteiger partial charge in [-0.1, -0.05) is 22.9 Å². The molecule has 0 aliphatic carbocycles. The summed E-state index contributed by atoms with van der Waals surface area (Å²) in [6.45, 7) is 1.85. The van der Waals surface area contributed by atoms with Crippen molar-refractivity contribution >= 4 is 27.5 Å². The number of rotatable bonds is 4. The van der Waals surface area contributed by atoms with E-state index in [-0.39, 0.29) is 0 Å². The standard InChI is InChI=1S/C11H12BrN3O/c1-2-9(11(14)16)15-10-4-3-8(12)5-7(10)6-13/h3-5,9,15H,2H2,1H3,(H2,14,16). The van der Waals surface area contributed by atoms with Crippen LogP contribution in [-0.2, 0) is 4.79 Å². The zero-order valence-corrected chi connectivity index (χ0v) is 10.4. The van der Waals surface area contributed by atoms with Crippen molar-refractivity contribution in [1.29, 1.82) is 5.26 Å². The maximum Gasteiger partial charge on any atom is 0.239 e. The van der Waals surface area contributed by atoms with Crippen molar-refractivity contribution in [1.82, 2.24) is 0 Å². The van der Waals surface area contributed by atoms with Crippen LogP contribution in [0.4, 0.5) is 5.69 Å². The van der Waals surface area contributed by atoms with Crippen LogP contribution in [0.5, 0.6) is 0 Å². The number of halogens is 1. The minimum absolute atomic E-state index is 0.422. The first kappa shape index (κ1) is 12.5. The zero-order chi connectivity index (χ0) is 12.1. The lowest BCUT2D eigenvalue weighted by atomic mass is 10.1. The van der Waals surface area contributed by atoms with E-state index in [1.165, 1.54) is 0 Å².